The molecule has 0 saturated carbocycles. The van der Waals surface area contributed by atoms with Crippen LogP contribution in [0.3, 0.4) is 0 Å². The molecule has 0 aliphatic heterocycles. The van der Waals surface area contributed by atoms with E-state index >= 15 is 0 Å². The van der Waals surface area contributed by atoms with E-state index in [1.54, 1.807) is 18.4 Å². The van der Waals surface area contributed by atoms with E-state index in [0.717, 1.165) is 0 Å². The number of carboxylic acids is 1. The Hall–Kier alpha value is -2.97. The quantitative estimate of drug-likeness (QED) is 0.117. The first-order valence-electron chi connectivity index (χ1n) is 11.0. The zero-order chi connectivity index (χ0) is 27.3. The average Bonchev–Trinajstić information content (AvgIpc) is 2.83. The van der Waals surface area contributed by atoms with E-state index in [4.69, 9.17) is 11.5 Å². The van der Waals surface area contributed by atoms with Gasteiger partial charge in [0.15, 0.2) is 0 Å². The maximum Gasteiger partial charge on any atom is 0.326 e. The lowest BCUT2D eigenvalue weighted by molar-refractivity contribution is -0.142. The van der Waals surface area contributed by atoms with Crippen molar-refractivity contribution in [2.45, 2.75) is 49.9 Å². The van der Waals surface area contributed by atoms with Gasteiger partial charge in [-0.3, -0.25) is 19.2 Å². The van der Waals surface area contributed by atoms with Gasteiger partial charge in [0.25, 0.3) is 0 Å². The highest BCUT2D eigenvalue weighted by atomic mass is 32.2. The summed E-state index contributed by atoms with van der Waals surface area (Å²) in [6.45, 7) is 0. The molecule has 0 fully saturated rings. The number of rotatable bonds is 16. The molecule has 9 N–H and O–H groups in total. The van der Waals surface area contributed by atoms with E-state index < -0.39 is 53.8 Å². The van der Waals surface area contributed by atoms with Crippen LogP contribution in [0.1, 0.15) is 24.8 Å². The van der Waals surface area contributed by atoms with Crippen LogP contribution in [-0.4, -0.2) is 81.7 Å². The van der Waals surface area contributed by atoms with Crippen LogP contribution in [0.5, 0.6) is 5.75 Å². The van der Waals surface area contributed by atoms with Crippen LogP contribution in [0, 0.1) is 0 Å². The number of nitrogens with one attached hydrogen (secondary N) is 3. The number of carbonyl (C=O) groups excluding carboxylic acids is 4. The molecule has 1 rings (SSSR count). The molecule has 36 heavy (non-hydrogen) atoms. The number of carbonyl (C=O) groups is 5. The number of thiol groups is 1. The van der Waals surface area contributed by atoms with Crippen molar-refractivity contribution >= 4 is 54.0 Å². The Labute approximate surface area is 218 Å². The number of primary amides is 1. The number of hydrogen-bond donors (Lipinski definition) is 8. The number of benzene rings is 1. The largest absolute Gasteiger partial charge is 0.508 e. The molecule has 0 aliphatic rings. The van der Waals surface area contributed by atoms with Crippen molar-refractivity contribution in [3.63, 3.8) is 0 Å². The second-order valence-corrected chi connectivity index (χ2v) is 9.32. The molecule has 0 aromatic heterocycles. The predicted octanol–water partition coefficient (Wildman–Crippen LogP) is -1.25. The molecule has 1 aromatic rings. The molecule has 0 radical (unpaired) electrons. The lowest BCUT2D eigenvalue weighted by Crippen LogP contribution is -2.58. The monoisotopic (exact) mass is 543 g/mol. The molecule has 1 aromatic carbocycles. The van der Waals surface area contributed by atoms with E-state index in [1.807, 2.05) is 0 Å². The number of aliphatic carboxylic acids is 1. The van der Waals surface area contributed by atoms with Crippen molar-refractivity contribution in [1.82, 2.24) is 16.0 Å². The van der Waals surface area contributed by atoms with Gasteiger partial charge in [-0.25, -0.2) is 4.79 Å². The number of carboxylic acid groups (broad SMARTS) is 1. The van der Waals surface area contributed by atoms with E-state index in [2.05, 4.69) is 28.6 Å². The first kappa shape index (κ1) is 31.1. The van der Waals surface area contributed by atoms with E-state index in [0.29, 0.717) is 11.3 Å². The Bertz CT molecular complexity index is 917. The third-order valence-corrected chi connectivity index (χ3v) is 6.09. The van der Waals surface area contributed by atoms with E-state index in [1.165, 1.54) is 23.9 Å². The lowest BCUT2D eigenvalue weighted by atomic mass is 10.0. The van der Waals surface area contributed by atoms with Crippen molar-refractivity contribution in [1.29, 1.82) is 0 Å². The van der Waals surface area contributed by atoms with Crippen LogP contribution in [0.25, 0.3) is 0 Å². The molecule has 200 valence electrons. The van der Waals surface area contributed by atoms with Gasteiger partial charge in [0.1, 0.15) is 23.9 Å². The number of phenols is 1. The van der Waals surface area contributed by atoms with Crippen LogP contribution in [0.15, 0.2) is 24.3 Å². The molecule has 0 bridgehead atoms. The smallest absolute Gasteiger partial charge is 0.326 e. The molecule has 0 spiro atoms. The normalized spacial score (nSPS) is 14.1. The summed E-state index contributed by atoms with van der Waals surface area (Å²) >= 11 is 5.49. The van der Waals surface area contributed by atoms with Gasteiger partial charge in [0.2, 0.25) is 23.6 Å². The van der Waals surface area contributed by atoms with Gasteiger partial charge in [-0.15, -0.1) is 0 Å². The van der Waals surface area contributed by atoms with E-state index in [9.17, 15) is 34.2 Å². The predicted molar refractivity (Wildman–Crippen MR) is 138 cm³/mol. The maximum atomic E-state index is 12.9. The first-order chi connectivity index (χ1) is 17.0. The highest BCUT2D eigenvalue weighted by Gasteiger charge is 2.30. The van der Waals surface area contributed by atoms with Crippen molar-refractivity contribution in [3.8, 4) is 5.75 Å². The lowest BCUT2D eigenvalue weighted by Gasteiger charge is -2.24. The zero-order valence-corrected chi connectivity index (χ0v) is 21.5. The minimum atomic E-state index is -1.24. The van der Waals surface area contributed by atoms with E-state index in [-0.39, 0.29) is 37.2 Å². The minimum absolute atomic E-state index is 0.0571. The summed E-state index contributed by atoms with van der Waals surface area (Å²) in [6, 6.07) is 1.46. The van der Waals surface area contributed by atoms with Crippen molar-refractivity contribution in [2.24, 2.45) is 11.5 Å². The Balaban J connectivity index is 2.87. The summed E-state index contributed by atoms with van der Waals surface area (Å²) in [6.07, 6.45) is 1.73. The van der Waals surface area contributed by atoms with Crippen LogP contribution >= 0.6 is 24.4 Å². The molecular weight excluding hydrogens is 510 g/mol. The van der Waals surface area contributed by atoms with Gasteiger partial charge >= 0.3 is 5.97 Å². The summed E-state index contributed by atoms with van der Waals surface area (Å²) in [5.41, 5.74) is 11.8. The molecular formula is C22H33N5O7S2. The van der Waals surface area contributed by atoms with Crippen LogP contribution < -0.4 is 27.4 Å². The van der Waals surface area contributed by atoms with Crippen molar-refractivity contribution in [2.75, 3.05) is 17.8 Å². The van der Waals surface area contributed by atoms with Gasteiger partial charge in [-0.1, -0.05) is 12.1 Å². The Kier molecular flexibility index (Phi) is 13.7. The average molecular weight is 544 g/mol. The fraction of sp³-hybridized carbons (Fsp3) is 0.500. The summed E-state index contributed by atoms with van der Waals surface area (Å²) in [5, 5.41) is 26.0. The molecule has 12 nitrogen and oxygen atoms in total. The Morgan fingerprint density at radius 2 is 1.50 bits per heavy atom. The molecule has 4 unspecified atom stereocenters. The number of thioether (sulfide) groups is 1. The number of aromatic hydroxyl groups is 1. The third-order valence-electron chi connectivity index (χ3n) is 5.08. The summed E-state index contributed by atoms with van der Waals surface area (Å²) in [4.78, 5) is 60.8. The number of nitrogens with two attached hydrogens (primary N) is 2. The molecule has 0 saturated heterocycles. The molecule has 4 atom stereocenters. The highest BCUT2D eigenvalue weighted by molar-refractivity contribution is 7.98. The SMILES string of the molecule is CSCCC(NC(=O)C(CS)NC(=O)C(CCC(N)=O)NC(=O)C(N)Cc1ccc(O)cc1)C(=O)O. The molecule has 0 aliphatic carbocycles. The number of hydrogen-bond acceptors (Lipinski definition) is 9. The Morgan fingerprint density at radius 1 is 0.944 bits per heavy atom. The zero-order valence-electron chi connectivity index (χ0n) is 19.8. The minimum Gasteiger partial charge on any atom is -0.508 e. The van der Waals surface area contributed by atoms with Crippen LogP contribution in [-0.2, 0) is 30.4 Å². The van der Waals surface area contributed by atoms with Crippen LogP contribution in [0.2, 0.25) is 0 Å². The molecule has 4 amide bonds. The van der Waals surface area contributed by atoms with Gasteiger partial charge in [-0.2, -0.15) is 24.4 Å². The van der Waals surface area contributed by atoms with Crippen molar-refractivity contribution in [3.05, 3.63) is 29.8 Å². The van der Waals surface area contributed by atoms with Gasteiger partial charge in [0, 0.05) is 12.2 Å². The fourth-order valence-electron chi connectivity index (χ4n) is 3.04. The summed E-state index contributed by atoms with van der Waals surface area (Å²) in [5.74, 6) is -3.72. The van der Waals surface area contributed by atoms with Crippen LogP contribution in [0.4, 0.5) is 0 Å². The summed E-state index contributed by atoms with van der Waals surface area (Å²) in [7, 11) is 0. The number of amides is 4. The molecule has 14 heteroatoms. The van der Waals surface area contributed by atoms with Crippen molar-refractivity contribution < 1.29 is 34.2 Å². The topological polar surface area (TPSA) is 214 Å². The first-order valence-corrected chi connectivity index (χ1v) is 13.1. The van der Waals surface area contributed by atoms with Gasteiger partial charge in [-0.05, 0) is 49.0 Å². The van der Waals surface area contributed by atoms with Gasteiger partial charge in [0.05, 0.1) is 6.04 Å². The number of phenolic OH excluding ortho intramolecular Hbond substituents is 1. The standard InChI is InChI=1S/C22H33N5O7S2/c1-36-9-8-16(22(33)34)26-21(32)17(11-35)27-20(31)15(6-7-18(24)29)25-19(30)14(23)10-12-2-4-13(28)5-3-12/h2-5,14-17,28,35H,6-11,23H2,1H3,(H2,24,29)(H,25,30)(H,26,32)(H,27,31)(H,33,34). The highest BCUT2D eigenvalue weighted by Crippen LogP contribution is 2.11. The molecule has 0 heterocycles. The maximum absolute atomic E-state index is 12.9. The second-order valence-electron chi connectivity index (χ2n) is 7.97. The Morgan fingerprint density at radius 3 is 2.03 bits per heavy atom. The fourth-order valence-corrected chi connectivity index (χ4v) is 3.77. The van der Waals surface area contributed by atoms with Gasteiger partial charge < -0.3 is 37.6 Å². The third kappa shape index (κ3) is 11.2. The summed E-state index contributed by atoms with van der Waals surface area (Å²) < 4.78 is 0. The second kappa shape index (κ2) is 15.9.